The van der Waals surface area contributed by atoms with Gasteiger partial charge in [-0.3, -0.25) is 0 Å². The Morgan fingerprint density at radius 2 is 1.61 bits per heavy atom. The molecule has 0 heterocycles. The highest BCUT2D eigenvalue weighted by atomic mass is 16.1. The van der Waals surface area contributed by atoms with E-state index in [0.29, 0.717) is 6.42 Å². The van der Waals surface area contributed by atoms with Gasteiger partial charge in [0.2, 0.25) is 6.08 Å². The summed E-state index contributed by atoms with van der Waals surface area (Å²) >= 11 is 0. The molecule has 1 unspecified atom stereocenters. The molecular weight excluding hydrogens is 222 g/mol. The number of nitrogens with zero attached hydrogens (tertiary/aromatic N) is 1. The fourth-order valence-corrected chi connectivity index (χ4v) is 1.79. The van der Waals surface area contributed by atoms with Crippen molar-refractivity contribution in [3.8, 4) is 0 Å². The van der Waals surface area contributed by atoms with Crippen molar-refractivity contribution in [1.82, 2.24) is 0 Å². The Balaban J connectivity index is 5.04. The number of hydrogen-bond donors (Lipinski definition) is 0. The topological polar surface area (TPSA) is 29.4 Å². The molecule has 18 heavy (non-hydrogen) atoms. The summed E-state index contributed by atoms with van der Waals surface area (Å²) in [6.45, 7) is 17.6. The summed E-state index contributed by atoms with van der Waals surface area (Å²) in [5.74, 6) is 0. The van der Waals surface area contributed by atoms with Gasteiger partial charge in [0, 0.05) is 0 Å². The van der Waals surface area contributed by atoms with Gasteiger partial charge < -0.3 is 0 Å². The molecule has 0 amide bonds. The minimum absolute atomic E-state index is 0.173. The second-order valence-corrected chi connectivity index (χ2v) is 5.04. The van der Waals surface area contributed by atoms with Crippen molar-refractivity contribution < 1.29 is 4.79 Å². The van der Waals surface area contributed by atoms with Crippen LogP contribution >= 0.6 is 0 Å². The number of aliphatic imine (C=N–C) groups is 1. The molecule has 0 N–H and O–H groups in total. The summed E-state index contributed by atoms with van der Waals surface area (Å²) in [6.07, 6.45) is 5.95. The summed E-state index contributed by atoms with van der Waals surface area (Å²) in [5, 5.41) is 0. The fraction of sp³-hybridized carbons (Fsp3) is 0.438. The molecule has 0 aromatic carbocycles. The molecule has 0 aliphatic heterocycles. The average molecular weight is 245 g/mol. The highest BCUT2D eigenvalue weighted by molar-refractivity contribution is 5.35. The molecule has 0 radical (unpaired) electrons. The minimum atomic E-state index is -0.173. The molecule has 0 aliphatic rings. The van der Waals surface area contributed by atoms with Crippen LogP contribution in [0.25, 0.3) is 0 Å². The third-order valence-electron chi connectivity index (χ3n) is 2.26. The number of hydrogen-bond acceptors (Lipinski definition) is 2. The monoisotopic (exact) mass is 245 g/mol. The summed E-state index contributed by atoms with van der Waals surface area (Å²) < 4.78 is 0. The lowest BCUT2D eigenvalue weighted by Crippen LogP contribution is -2.03. The molecule has 0 aromatic heterocycles. The van der Waals surface area contributed by atoms with Crippen LogP contribution in [-0.4, -0.2) is 12.1 Å². The average Bonchev–Trinajstić information content (AvgIpc) is 2.13. The number of allylic oxidation sites excluding steroid dienone is 3. The standard InChI is InChI=1S/C16H23NO/c1-12(2)7-15(8-13(3)4)10-16(17-11-18)9-14(5)6/h10,16H,1,3,5,7-9H2,2,4,6H3. The molecule has 0 bridgehead atoms. The molecule has 0 aliphatic carbocycles. The van der Waals surface area contributed by atoms with Gasteiger partial charge in [-0.05, 0) is 40.0 Å². The van der Waals surface area contributed by atoms with Crippen molar-refractivity contribution in [3.05, 3.63) is 48.1 Å². The van der Waals surface area contributed by atoms with E-state index < -0.39 is 0 Å². The molecule has 0 spiro atoms. The lowest BCUT2D eigenvalue weighted by Gasteiger charge is -2.11. The summed E-state index contributed by atoms with van der Waals surface area (Å²) in [6, 6.07) is -0.173. The SMILES string of the molecule is C=C(C)CC(=CC(CC(=C)C)N=C=O)CC(=C)C. The first kappa shape index (κ1) is 16.3. The van der Waals surface area contributed by atoms with Crippen molar-refractivity contribution in [2.75, 3.05) is 0 Å². The Morgan fingerprint density at radius 1 is 1.11 bits per heavy atom. The summed E-state index contributed by atoms with van der Waals surface area (Å²) in [4.78, 5) is 14.3. The zero-order valence-electron chi connectivity index (χ0n) is 11.8. The maximum Gasteiger partial charge on any atom is 0.235 e. The predicted molar refractivity (Wildman–Crippen MR) is 78.3 cm³/mol. The van der Waals surface area contributed by atoms with E-state index in [-0.39, 0.29) is 6.04 Å². The lowest BCUT2D eigenvalue weighted by atomic mass is 9.97. The van der Waals surface area contributed by atoms with Gasteiger partial charge in [0.15, 0.2) is 0 Å². The van der Waals surface area contributed by atoms with Crippen molar-refractivity contribution in [3.63, 3.8) is 0 Å². The maximum absolute atomic E-state index is 10.4. The van der Waals surface area contributed by atoms with E-state index in [4.69, 9.17) is 0 Å². The predicted octanol–water partition coefficient (Wildman–Crippen LogP) is 4.52. The van der Waals surface area contributed by atoms with E-state index in [9.17, 15) is 4.79 Å². The van der Waals surface area contributed by atoms with Gasteiger partial charge in [0.1, 0.15) is 0 Å². The highest BCUT2D eigenvalue weighted by Crippen LogP contribution is 2.20. The van der Waals surface area contributed by atoms with E-state index >= 15 is 0 Å². The minimum Gasteiger partial charge on any atom is -0.211 e. The Morgan fingerprint density at radius 3 is 1.94 bits per heavy atom. The number of isocyanates is 1. The molecule has 0 saturated heterocycles. The second-order valence-electron chi connectivity index (χ2n) is 5.04. The van der Waals surface area contributed by atoms with E-state index in [1.165, 1.54) is 5.57 Å². The fourth-order valence-electron chi connectivity index (χ4n) is 1.79. The summed E-state index contributed by atoms with van der Waals surface area (Å²) in [7, 11) is 0. The van der Waals surface area contributed by atoms with Gasteiger partial charge in [-0.2, -0.15) is 4.99 Å². The molecule has 0 rings (SSSR count). The van der Waals surface area contributed by atoms with Gasteiger partial charge >= 0.3 is 0 Å². The van der Waals surface area contributed by atoms with E-state index in [1.54, 1.807) is 6.08 Å². The van der Waals surface area contributed by atoms with Crippen LogP contribution < -0.4 is 0 Å². The molecule has 0 saturated carbocycles. The van der Waals surface area contributed by atoms with Crippen LogP contribution in [0.15, 0.2) is 53.1 Å². The van der Waals surface area contributed by atoms with Crippen molar-refractivity contribution in [1.29, 1.82) is 0 Å². The van der Waals surface area contributed by atoms with Crippen molar-refractivity contribution >= 4 is 6.08 Å². The van der Waals surface area contributed by atoms with Crippen LogP contribution in [-0.2, 0) is 4.79 Å². The van der Waals surface area contributed by atoms with Gasteiger partial charge in [0.25, 0.3) is 0 Å². The smallest absolute Gasteiger partial charge is 0.211 e. The molecule has 2 nitrogen and oxygen atoms in total. The van der Waals surface area contributed by atoms with E-state index in [2.05, 4.69) is 24.7 Å². The Bertz CT molecular complexity index is 391. The lowest BCUT2D eigenvalue weighted by molar-refractivity contribution is 0.560. The first-order chi connectivity index (χ1) is 8.35. The zero-order chi connectivity index (χ0) is 14.1. The van der Waals surface area contributed by atoms with Crippen LogP contribution in [0.2, 0.25) is 0 Å². The van der Waals surface area contributed by atoms with Gasteiger partial charge in [-0.1, -0.05) is 41.5 Å². The van der Waals surface area contributed by atoms with Gasteiger partial charge in [-0.15, -0.1) is 6.58 Å². The summed E-state index contributed by atoms with van der Waals surface area (Å²) in [5.41, 5.74) is 4.37. The molecule has 0 aromatic rings. The van der Waals surface area contributed by atoms with Crippen LogP contribution in [0.3, 0.4) is 0 Å². The van der Waals surface area contributed by atoms with Crippen LogP contribution in [0.4, 0.5) is 0 Å². The van der Waals surface area contributed by atoms with Crippen LogP contribution in [0.5, 0.6) is 0 Å². The van der Waals surface area contributed by atoms with Crippen LogP contribution in [0, 0.1) is 0 Å². The number of rotatable bonds is 8. The van der Waals surface area contributed by atoms with Gasteiger partial charge in [0.05, 0.1) is 6.04 Å². The molecule has 98 valence electrons. The normalized spacial score (nSPS) is 11.1. The molecular formula is C16H23NO. The number of carbonyl (C=O) groups excluding carboxylic acids is 1. The van der Waals surface area contributed by atoms with Crippen molar-refractivity contribution in [2.45, 2.75) is 46.1 Å². The Kier molecular flexibility index (Phi) is 7.66. The Hall–Kier alpha value is -1.66. The molecule has 1 atom stereocenters. The highest BCUT2D eigenvalue weighted by Gasteiger charge is 2.07. The van der Waals surface area contributed by atoms with E-state index in [0.717, 1.165) is 29.6 Å². The first-order valence-corrected chi connectivity index (χ1v) is 6.04. The van der Waals surface area contributed by atoms with Gasteiger partial charge in [-0.25, -0.2) is 4.79 Å². The second kappa shape index (κ2) is 8.43. The van der Waals surface area contributed by atoms with Crippen molar-refractivity contribution in [2.24, 2.45) is 4.99 Å². The maximum atomic E-state index is 10.4. The largest absolute Gasteiger partial charge is 0.235 e. The first-order valence-electron chi connectivity index (χ1n) is 6.04. The quantitative estimate of drug-likeness (QED) is 0.351. The molecule has 2 heteroatoms. The third-order valence-corrected chi connectivity index (χ3v) is 2.26. The zero-order valence-corrected chi connectivity index (χ0v) is 11.8. The third kappa shape index (κ3) is 8.49. The van der Waals surface area contributed by atoms with Crippen LogP contribution in [0.1, 0.15) is 40.0 Å². The molecule has 0 fully saturated rings. The Labute approximate surface area is 111 Å². The van der Waals surface area contributed by atoms with E-state index in [1.807, 2.05) is 26.8 Å².